The first-order valence-corrected chi connectivity index (χ1v) is 7.65. The molecule has 0 radical (unpaired) electrons. The van der Waals surface area contributed by atoms with Gasteiger partial charge in [0.2, 0.25) is 0 Å². The van der Waals surface area contributed by atoms with Gasteiger partial charge in [-0.2, -0.15) is 0 Å². The fraction of sp³-hybridized carbons (Fsp3) is 0.158. The smallest absolute Gasteiger partial charge is 0.280 e. The minimum atomic E-state index is -0.117. The molecule has 24 heavy (non-hydrogen) atoms. The van der Waals surface area contributed by atoms with E-state index in [-0.39, 0.29) is 5.56 Å². The number of benzene rings is 2. The highest BCUT2D eigenvalue weighted by molar-refractivity contribution is 5.83. The lowest BCUT2D eigenvalue weighted by atomic mass is 10.2. The van der Waals surface area contributed by atoms with Crippen LogP contribution in [0.3, 0.4) is 0 Å². The molecule has 1 aromatic heterocycles. The molecule has 1 heterocycles. The topological polar surface area (TPSA) is 59.4 Å². The molecule has 0 amide bonds. The van der Waals surface area contributed by atoms with Crippen LogP contribution in [-0.4, -0.2) is 23.1 Å². The van der Waals surface area contributed by atoms with Crippen LogP contribution in [0.1, 0.15) is 16.8 Å². The summed E-state index contributed by atoms with van der Waals surface area (Å²) in [7, 11) is 1.62. The van der Waals surface area contributed by atoms with Gasteiger partial charge < -0.3 is 4.74 Å². The van der Waals surface area contributed by atoms with E-state index in [1.54, 1.807) is 13.3 Å². The molecule has 0 aliphatic heterocycles. The Bertz CT molecular complexity index is 917. The van der Waals surface area contributed by atoms with Crippen molar-refractivity contribution in [2.75, 3.05) is 7.11 Å². The summed E-state index contributed by atoms with van der Waals surface area (Å²) in [5.41, 5.74) is 3.92. The van der Waals surface area contributed by atoms with Crippen LogP contribution >= 0.6 is 0 Å². The number of nitrogens with one attached hydrogen (secondary N) is 1. The first-order valence-electron chi connectivity index (χ1n) is 7.65. The van der Waals surface area contributed by atoms with Gasteiger partial charge in [-0.1, -0.05) is 17.7 Å². The van der Waals surface area contributed by atoms with E-state index in [4.69, 9.17) is 4.74 Å². The van der Waals surface area contributed by atoms with Crippen molar-refractivity contribution in [3.05, 3.63) is 75.7 Å². The van der Waals surface area contributed by atoms with Gasteiger partial charge in [0, 0.05) is 11.9 Å². The standard InChI is InChI=1S/C19H19N3O2/c1-13-4-8-16(9-5-13)22-19(23)18(14(2)21-22)12-20-15-6-10-17(24-3)11-7-15/h4-12,21H,1-3H3. The van der Waals surface area contributed by atoms with Crippen LogP contribution in [0.25, 0.3) is 5.69 Å². The molecule has 0 bridgehead atoms. The molecule has 0 aliphatic carbocycles. The quantitative estimate of drug-likeness (QED) is 0.747. The molecule has 0 spiro atoms. The van der Waals surface area contributed by atoms with E-state index in [0.717, 1.165) is 28.4 Å². The fourth-order valence-corrected chi connectivity index (χ4v) is 2.39. The van der Waals surface area contributed by atoms with Gasteiger partial charge in [0.25, 0.3) is 5.56 Å². The van der Waals surface area contributed by atoms with Crippen molar-refractivity contribution in [2.45, 2.75) is 13.8 Å². The molecule has 1 N–H and O–H groups in total. The maximum absolute atomic E-state index is 12.6. The fourth-order valence-electron chi connectivity index (χ4n) is 2.39. The second-order valence-electron chi connectivity index (χ2n) is 5.58. The first kappa shape index (κ1) is 15.8. The number of hydrogen-bond donors (Lipinski definition) is 1. The molecule has 0 unspecified atom stereocenters. The number of rotatable bonds is 4. The molecule has 3 aromatic rings. The molecule has 0 fully saturated rings. The van der Waals surface area contributed by atoms with Crippen molar-refractivity contribution in [1.82, 2.24) is 9.78 Å². The van der Waals surface area contributed by atoms with Crippen molar-refractivity contribution in [3.8, 4) is 11.4 Å². The second kappa shape index (κ2) is 6.58. The third kappa shape index (κ3) is 3.15. The van der Waals surface area contributed by atoms with E-state index in [1.807, 2.05) is 62.4 Å². The van der Waals surface area contributed by atoms with Crippen LogP contribution in [0.4, 0.5) is 5.69 Å². The van der Waals surface area contributed by atoms with E-state index in [0.29, 0.717) is 5.56 Å². The molecule has 5 heteroatoms. The van der Waals surface area contributed by atoms with E-state index in [2.05, 4.69) is 10.1 Å². The summed E-state index contributed by atoms with van der Waals surface area (Å²) in [6.45, 7) is 3.88. The highest BCUT2D eigenvalue weighted by atomic mass is 16.5. The average molecular weight is 321 g/mol. The lowest BCUT2D eigenvalue weighted by Gasteiger charge is -2.01. The molecular weight excluding hydrogens is 302 g/mol. The zero-order chi connectivity index (χ0) is 17.1. The highest BCUT2D eigenvalue weighted by Gasteiger charge is 2.10. The van der Waals surface area contributed by atoms with Crippen molar-refractivity contribution < 1.29 is 4.74 Å². The predicted molar refractivity (Wildman–Crippen MR) is 96.1 cm³/mol. The maximum Gasteiger partial charge on any atom is 0.280 e. The third-order valence-corrected chi connectivity index (χ3v) is 3.82. The van der Waals surface area contributed by atoms with Gasteiger partial charge in [0.05, 0.1) is 24.0 Å². The van der Waals surface area contributed by atoms with Crippen LogP contribution in [0.5, 0.6) is 5.75 Å². The lowest BCUT2D eigenvalue weighted by molar-refractivity contribution is 0.415. The minimum absolute atomic E-state index is 0.117. The summed E-state index contributed by atoms with van der Waals surface area (Å²) in [4.78, 5) is 17.0. The number of nitrogens with zero attached hydrogens (tertiary/aromatic N) is 2. The first-order chi connectivity index (χ1) is 11.6. The summed E-state index contributed by atoms with van der Waals surface area (Å²) in [5, 5.41) is 3.10. The molecule has 0 saturated heterocycles. The van der Waals surface area contributed by atoms with Gasteiger partial charge in [-0.05, 0) is 50.2 Å². The summed E-state index contributed by atoms with van der Waals surface area (Å²) >= 11 is 0. The largest absolute Gasteiger partial charge is 0.497 e. The summed E-state index contributed by atoms with van der Waals surface area (Å²) < 4.78 is 6.65. The number of H-pyrrole nitrogens is 1. The molecule has 0 atom stereocenters. The molecule has 3 rings (SSSR count). The van der Waals surface area contributed by atoms with Crippen molar-refractivity contribution in [3.63, 3.8) is 0 Å². The van der Waals surface area contributed by atoms with Crippen LogP contribution in [0.15, 0.2) is 58.3 Å². The third-order valence-electron chi connectivity index (χ3n) is 3.82. The number of ether oxygens (including phenoxy) is 1. The summed E-state index contributed by atoms with van der Waals surface area (Å²) in [6, 6.07) is 15.1. The van der Waals surface area contributed by atoms with Gasteiger partial charge in [0.1, 0.15) is 5.75 Å². The van der Waals surface area contributed by atoms with E-state index in [1.165, 1.54) is 4.68 Å². The summed E-state index contributed by atoms with van der Waals surface area (Å²) in [5.74, 6) is 0.772. The number of hydrogen-bond acceptors (Lipinski definition) is 3. The van der Waals surface area contributed by atoms with Gasteiger partial charge >= 0.3 is 0 Å². The molecule has 0 aliphatic rings. The van der Waals surface area contributed by atoms with Gasteiger partial charge in [-0.15, -0.1) is 0 Å². The molecule has 2 aromatic carbocycles. The van der Waals surface area contributed by atoms with E-state index in [9.17, 15) is 4.79 Å². The maximum atomic E-state index is 12.6. The van der Waals surface area contributed by atoms with E-state index < -0.39 is 0 Å². The summed E-state index contributed by atoms with van der Waals surface area (Å²) in [6.07, 6.45) is 1.60. The Morgan fingerprint density at radius 2 is 1.71 bits per heavy atom. The van der Waals surface area contributed by atoms with Gasteiger partial charge in [-0.25, -0.2) is 4.68 Å². The zero-order valence-electron chi connectivity index (χ0n) is 13.9. The number of aryl methyl sites for hydroxylation is 2. The number of methoxy groups -OCH3 is 1. The Morgan fingerprint density at radius 3 is 2.33 bits per heavy atom. The highest BCUT2D eigenvalue weighted by Crippen LogP contribution is 2.17. The second-order valence-corrected chi connectivity index (χ2v) is 5.58. The van der Waals surface area contributed by atoms with Gasteiger partial charge in [0.15, 0.2) is 0 Å². The van der Waals surface area contributed by atoms with Crippen LogP contribution in [-0.2, 0) is 0 Å². The van der Waals surface area contributed by atoms with Crippen molar-refractivity contribution >= 4 is 11.9 Å². The van der Waals surface area contributed by atoms with Crippen LogP contribution in [0, 0.1) is 13.8 Å². The molecular formula is C19H19N3O2. The number of aliphatic imine (C=N–C) groups is 1. The molecule has 5 nitrogen and oxygen atoms in total. The Kier molecular flexibility index (Phi) is 4.33. The Hall–Kier alpha value is -3.08. The van der Waals surface area contributed by atoms with Crippen molar-refractivity contribution in [2.24, 2.45) is 4.99 Å². The average Bonchev–Trinajstić information content (AvgIpc) is 2.88. The lowest BCUT2D eigenvalue weighted by Crippen LogP contribution is -2.17. The normalized spacial score (nSPS) is 11.1. The number of aromatic amines is 1. The van der Waals surface area contributed by atoms with E-state index >= 15 is 0 Å². The van der Waals surface area contributed by atoms with Crippen LogP contribution in [0.2, 0.25) is 0 Å². The predicted octanol–water partition coefficient (Wildman–Crippen LogP) is 3.54. The van der Waals surface area contributed by atoms with Crippen molar-refractivity contribution in [1.29, 1.82) is 0 Å². The van der Waals surface area contributed by atoms with Gasteiger partial charge in [-0.3, -0.25) is 14.9 Å². The van der Waals surface area contributed by atoms with Crippen LogP contribution < -0.4 is 10.3 Å². The Labute approximate surface area is 140 Å². The Balaban J connectivity index is 1.92. The molecule has 122 valence electrons. The Morgan fingerprint density at radius 1 is 1.04 bits per heavy atom. The monoisotopic (exact) mass is 321 g/mol. The number of aromatic nitrogens is 2. The SMILES string of the molecule is COc1ccc(N=Cc2c(C)[nH]n(-c3ccc(C)cc3)c2=O)cc1. The minimum Gasteiger partial charge on any atom is -0.497 e. The zero-order valence-corrected chi connectivity index (χ0v) is 13.9. The molecule has 0 saturated carbocycles.